The third kappa shape index (κ3) is 4.77. The number of rotatable bonds is 5. The number of hydrogen-bond acceptors (Lipinski definition) is 6. The summed E-state index contributed by atoms with van der Waals surface area (Å²) < 4.78 is 24.2. The molecular weight excluding hydrogens is 364 g/mol. The molecule has 10 heteroatoms. The molecule has 0 atom stereocenters. The number of carbonyl (C=O) groups is 2. The second kappa shape index (κ2) is 7.19. The van der Waals surface area contributed by atoms with E-state index in [0.717, 1.165) is 21.9 Å². The maximum atomic E-state index is 12.5. The molecule has 2 amide bonds. The first-order chi connectivity index (χ1) is 11.6. The molecule has 0 aliphatic rings. The van der Waals surface area contributed by atoms with Gasteiger partial charge in [-0.3, -0.25) is 9.59 Å². The van der Waals surface area contributed by atoms with E-state index in [1.54, 1.807) is 31.2 Å². The summed E-state index contributed by atoms with van der Waals surface area (Å²) in [5, 5.41) is 5.57. The number of thiazole rings is 1. The van der Waals surface area contributed by atoms with E-state index in [1.807, 2.05) is 0 Å². The molecule has 0 bridgehead atoms. The molecule has 25 heavy (non-hydrogen) atoms. The van der Waals surface area contributed by atoms with Gasteiger partial charge in [0.15, 0.2) is 5.13 Å². The fourth-order valence-corrected chi connectivity index (χ4v) is 3.61. The number of sulfonamides is 1. The highest BCUT2D eigenvalue weighted by Gasteiger charge is 2.21. The van der Waals surface area contributed by atoms with Crippen LogP contribution in [0.2, 0.25) is 0 Å². The van der Waals surface area contributed by atoms with Crippen LogP contribution < -0.4 is 14.9 Å². The fraction of sp³-hybridized carbons (Fsp3) is 0.267. The summed E-state index contributed by atoms with van der Waals surface area (Å²) >= 11 is 0.991. The van der Waals surface area contributed by atoms with Crippen LogP contribution in [0.1, 0.15) is 22.3 Å². The van der Waals surface area contributed by atoms with Gasteiger partial charge in [-0.05, 0) is 25.1 Å². The van der Waals surface area contributed by atoms with Crippen LogP contribution in [-0.2, 0) is 14.8 Å². The zero-order chi connectivity index (χ0) is 18.8. The smallest absolute Gasteiger partial charge is 0.267 e. The van der Waals surface area contributed by atoms with Gasteiger partial charge in [0.05, 0.1) is 11.9 Å². The summed E-state index contributed by atoms with van der Waals surface area (Å²) in [4.78, 5) is 28.0. The molecule has 1 aromatic carbocycles. The first-order valence-electron chi connectivity index (χ1n) is 7.18. The number of anilines is 3. The van der Waals surface area contributed by atoms with E-state index in [-0.39, 0.29) is 11.0 Å². The van der Waals surface area contributed by atoms with Crippen LogP contribution in [0.5, 0.6) is 0 Å². The van der Waals surface area contributed by atoms with Crippen molar-refractivity contribution in [2.24, 2.45) is 0 Å². The lowest BCUT2D eigenvalue weighted by molar-refractivity contribution is -0.114. The van der Waals surface area contributed by atoms with Crippen molar-refractivity contribution in [3.63, 3.8) is 0 Å². The maximum Gasteiger partial charge on any atom is 0.267 e. The highest BCUT2D eigenvalue weighted by atomic mass is 32.2. The van der Waals surface area contributed by atoms with E-state index in [0.29, 0.717) is 21.9 Å². The Morgan fingerprint density at radius 2 is 1.80 bits per heavy atom. The standard InChI is InChI=1S/C15H18N4O4S2/c1-9-13(24-15(16-9)19(3)25(4,22)23)14(21)18-12-7-5-6-11(8-12)17-10(2)20/h5-8H,1-4H3,(H,17,20)(H,18,21). The van der Waals surface area contributed by atoms with Gasteiger partial charge in [-0.25, -0.2) is 17.7 Å². The van der Waals surface area contributed by atoms with Gasteiger partial charge in [-0.15, -0.1) is 0 Å². The molecule has 0 saturated carbocycles. The molecule has 2 N–H and O–H groups in total. The summed E-state index contributed by atoms with van der Waals surface area (Å²) in [5.74, 6) is -0.613. The van der Waals surface area contributed by atoms with Gasteiger partial charge in [0.2, 0.25) is 15.9 Å². The normalized spacial score (nSPS) is 11.0. The van der Waals surface area contributed by atoms with Gasteiger partial charge in [0.1, 0.15) is 4.88 Å². The Kier molecular flexibility index (Phi) is 5.43. The SMILES string of the molecule is CC(=O)Nc1cccc(NC(=O)c2sc(N(C)S(C)(=O)=O)nc2C)c1. The van der Waals surface area contributed by atoms with Gasteiger partial charge in [-0.1, -0.05) is 17.4 Å². The zero-order valence-electron chi connectivity index (χ0n) is 14.2. The van der Waals surface area contributed by atoms with Crippen LogP contribution in [0.4, 0.5) is 16.5 Å². The molecule has 0 aliphatic carbocycles. The van der Waals surface area contributed by atoms with Gasteiger partial charge in [-0.2, -0.15) is 0 Å². The Morgan fingerprint density at radius 3 is 2.36 bits per heavy atom. The predicted molar refractivity (Wildman–Crippen MR) is 98.8 cm³/mol. The predicted octanol–water partition coefficient (Wildman–Crippen LogP) is 2.06. The second-order valence-corrected chi connectivity index (χ2v) is 8.35. The zero-order valence-corrected chi connectivity index (χ0v) is 15.8. The van der Waals surface area contributed by atoms with Crippen LogP contribution in [0.15, 0.2) is 24.3 Å². The fourth-order valence-electron chi connectivity index (χ4n) is 1.94. The largest absolute Gasteiger partial charge is 0.326 e. The first kappa shape index (κ1) is 18.9. The Balaban J connectivity index is 2.22. The lowest BCUT2D eigenvalue weighted by Gasteiger charge is -2.11. The second-order valence-electron chi connectivity index (χ2n) is 5.36. The van der Waals surface area contributed by atoms with Gasteiger partial charge in [0, 0.05) is 25.3 Å². The Hall–Kier alpha value is -2.46. The quantitative estimate of drug-likeness (QED) is 0.823. The highest BCUT2D eigenvalue weighted by Crippen LogP contribution is 2.27. The Morgan fingerprint density at radius 1 is 1.20 bits per heavy atom. The van der Waals surface area contributed by atoms with E-state index in [1.165, 1.54) is 14.0 Å². The monoisotopic (exact) mass is 382 g/mol. The molecule has 134 valence electrons. The molecule has 8 nitrogen and oxygen atoms in total. The van der Waals surface area contributed by atoms with Crippen LogP contribution in [0.25, 0.3) is 0 Å². The molecule has 0 fully saturated rings. The third-order valence-electron chi connectivity index (χ3n) is 3.20. The number of benzene rings is 1. The number of carbonyl (C=O) groups excluding carboxylic acids is 2. The molecule has 1 heterocycles. The molecule has 2 aromatic rings. The van der Waals surface area contributed by atoms with Gasteiger partial charge < -0.3 is 10.6 Å². The maximum absolute atomic E-state index is 12.5. The molecule has 0 aliphatic heterocycles. The first-order valence-corrected chi connectivity index (χ1v) is 9.84. The topological polar surface area (TPSA) is 108 Å². The van der Waals surface area contributed by atoms with Gasteiger partial charge in [0.25, 0.3) is 5.91 Å². The number of aryl methyl sites for hydroxylation is 1. The third-order valence-corrected chi connectivity index (χ3v) is 5.72. The Labute approximate surface area is 149 Å². The number of aromatic nitrogens is 1. The van der Waals surface area contributed by atoms with Crippen molar-refractivity contribution < 1.29 is 18.0 Å². The van der Waals surface area contributed by atoms with E-state index in [2.05, 4.69) is 15.6 Å². The summed E-state index contributed by atoms with van der Waals surface area (Å²) in [6.07, 6.45) is 1.07. The minimum Gasteiger partial charge on any atom is -0.326 e. The minimum atomic E-state index is -3.45. The highest BCUT2D eigenvalue weighted by molar-refractivity contribution is 7.92. The van der Waals surface area contributed by atoms with Crippen molar-refractivity contribution in [3.8, 4) is 0 Å². The van der Waals surface area contributed by atoms with Crippen LogP contribution >= 0.6 is 11.3 Å². The number of hydrogen-bond donors (Lipinski definition) is 2. The van der Waals surface area contributed by atoms with E-state index < -0.39 is 15.9 Å². The average Bonchev–Trinajstić information content (AvgIpc) is 2.87. The van der Waals surface area contributed by atoms with E-state index >= 15 is 0 Å². The minimum absolute atomic E-state index is 0.213. The average molecular weight is 382 g/mol. The number of nitrogens with one attached hydrogen (secondary N) is 2. The number of nitrogens with zero attached hydrogens (tertiary/aromatic N) is 2. The van der Waals surface area contributed by atoms with Crippen molar-refractivity contribution >= 4 is 49.7 Å². The Bertz CT molecular complexity index is 921. The lowest BCUT2D eigenvalue weighted by Crippen LogP contribution is -2.24. The molecule has 0 spiro atoms. The summed E-state index contributed by atoms with van der Waals surface area (Å²) in [5.41, 5.74) is 1.50. The molecular formula is C15H18N4O4S2. The lowest BCUT2D eigenvalue weighted by atomic mass is 10.2. The van der Waals surface area contributed by atoms with Crippen molar-refractivity contribution in [1.82, 2.24) is 4.98 Å². The van der Waals surface area contributed by atoms with Gasteiger partial charge >= 0.3 is 0 Å². The van der Waals surface area contributed by atoms with Crippen molar-refractivity contribution in [2.45, 2.75) is 13.8 Å². The van der Waals surface area contributed by atoms with Crippen molar-refractivity contribution in [2.75, 3.05) is 28.2 Å². The summed E-state index contributed by atoms with van der Waals surface area (Å²) in [6, 6.07) is 6.71. The van der Waals surface area contributed by atoms with Crippen molar-refractivity contribution in [3.05, 3.63) is 34.8 Å². The molecule has 0 unspecified atom stereocenters. The van der Waals surface area contributed by atoms with Crippen LogP contribution in [0, 0.1) is 6.92 Å². The van der Waals surface area contributed by atoms with Crippen LogP contribution in [0.3, 0.4) is 0 Å². The molecule has 1 aromatic heterocycles. The van der Waals surface area contributed by atoms with Crippen molar-refractivity contribution in [1.29, 1.82) is 0 Å². The van der Waals surface area contributed by atoms with E-state index in [4.69, 9.17) is 0 Å². The molecule has 2 rings (SSSR count). The summed E-state index contributed by atoms with van der Waals surface area (Å²) in [7, 11) is -2.07. The molecule has 0 radical (unpaired) electrons. The number of amides is 2. The van der Waals surface area contributed by atoms with E-state index in [9.17, 15) is 18.0 Å². The molecule has 0 saturated heterocycles. The van der Waals surface area contributed by atoms with Crippen LogP contribution in [-0.4, -0.2) is 38.5 Å². The summed E-state index contributed by atoms with van der Waals surface area (Å²) in [6.45, 7) is 3.03.